The van der Waals surface area contributed by atoms with Crippen LogP contribution in [0.4, 0.5) is 17.1 Å². The number of rotatable bonds is 4. The van der Waals surface area contributed by atoms with E-state index in [-0.39, 0.29) is 10.8 Å². The molecule has 3 nitrogen and oxygen atoms in total. The first kappa shape index (κ1) is 29.0. The summed E-state index contributed by atoms with van der Waals surface area (Å²) in [6.07, 6.45) is 0. The molecule has 0 unspecified atom stereocenters. The maximum atomic E-state index is 6.69. The number of oxazole rings is 1. The Bertz CT molecular complexity index is 2550. The minimum atomic E-state index is -0.0783. The molecule has 0 spiro atoms. The Morgan fingerprint density at radius 1 is 0.500 bits per heavy atom. The molecule has 1 heterocycles. The first-order valence-corrected chi connectivity index (χ1v) is 17.5. The molecule has 0 N–H and O–H groups in total. The lowest BCUT2D eigenvalue weighted by Crippen LogP contribution is -2.16. The second kappa shape index (κ2) is 10.3. The van der Waals surface area contributed by atoms with Gasteiger partial charge in [0.2, 0.25) is 5.89 Å². The molecule has 2 aliphatic carbocycles. The first-order chi connectivity index (χ1) is 24.3. The van der Waals surface area contributed by atoms with Crippen molar-refractivity contribution >= 4 is 38.9 Å². The zero-order valence-electron chi connectivity index (χ0n) is 28.7. The minimum Gasteiger partial charge on any atom is -0.435 e. The number of hydrogen-bond donors (Lipinski definition) is 0. The highest BCUT2D eigenvalue weighted by Gasteiger charge is 2.37. The molecule has 240 valence electrons. The van der Waals surface area contributed by atoms with Crippen molar-refractivity contribution in [1.82, 2.24) is 4.98 Å². The van der Waals surface area contributed by atoms with Crippen LogP contribution < -0.4 is 4.90 Å². The summed E-state index contributed by atoms with van der Waals surface area (Å²) in [4.78, 5) is 7.66. The number of hydrogen-bond acceptors (Lipinski definition) is 3. The molecule has 3 heteroatoms. The topological polar surface area (TPSA) is 29.3 Å². The van der Waals surface area contributed by atoms with E-state index in [1.807, 2.05) is 18.2 Å². The van der Waals surface area contributed by atoms with Crippen molar-refractivity contribution < 1.29 is 4.42 Å². The Morgan fingerprint density at radius 2 is 1.02 bits per heavy atom. The molecule has 0 fully saturated rings. The minimum absolute atomic E-state index is 0.0783. The molecule has 7 aromatic carbocycles. The van der Waals surface area contributed by atoms with E-state index < -0.39 is 0 Å². The van der Waals surface area contributed by atoms with Gasteiger partial charge in [0.25, 0.3) is 0 Å². The van der Waals surface area contributed by atoms with Crippen molar-refractivity contribution in [1.29, 1.82) is 0 Å². The fraction of sp³-hybridized carbons (Fsp3) is 0.128. The van der Waals surface area contributed by atoms with Crippen LogP contribution in [0.1, 0.15) is 49.9 Å². The normalized spacial score (nSPS) is 14.7. The Balaban J connectivity index is 1.27. The Hall–Kier alpha value is -5.93. The molecule has 0 amide bonds. The lowest BCUT2D eigenvalue weighted by molar-refractivity contribution is 0.623. The van der Waals surface area contributed by atoms with Crippen LogP contribution in [0.5, 0.6) is 0 Å². The highest BCUT2D eigenvalue weighted by Crippen LogP contribution is 2.54. The molecule has 2 aliphatic rings. The molecule has 0 atom stereocenters. The third-order valence-corrected chi connectivity index (χ3v) is 11.3. The largest absolute Gasteiger partial charge is 0.435 e. The third kappa shape index (κ3) is 4.01. The zero-order valence-corrected chi connectivity index (χ0v) is 28.7. The zero-order chi connectivity index (χ0) is 33.8. The monoisotopic (exact) mass is 644 g/mol. The van der Waals surface area contributed by atoms with E-state index in [1.54, 1.807) is 0 Å². The van der Waals surface area contributed by atoms with Crippen LogP contribution in [0.25, 0.3) is 55.6 Å². The molecule has 1 aromatic heterocycles. The second-order valence-corrected chi connectivity index (χ2v) is 14.8. The van der Waals surface area contributed by atoms with Gasteiger partial charge in [-0.15, -0.1) is 0 Å². The van der Waals surface area contributed by atoms with E-state index in [1.165, 1.54) is 44.5 Å². The fourth-order valence-corrected chi connectivity index (χ4v) is 8.72. The standard InChI is InChI=1S/C47H36N2O/c1-46(2)38-20-12-10-18-34(38)36-27-31(22-24-40(36)46)49(32-23-25-41-37(28-32)35-19-11-13-21-39(35)47(41,3)4)42-26-30-16-8-9-17-33(30)44-43(42)48-45(50-44)29-14-6-5-7-15-29/h5-28H,1-4H3. The van der Waals surface area contributed by atoms with Gasteiger partial charge < -0.3 is 9.32 Å². The number of nitrogens with zero attached hydrogens (tertiary/aromatic N) is 2. The lowest BCUT2D eigenvalue weighted by atomic mass is 9.82. The molecule has 8 aromatic rings. The van der Waals surface area contributed by atoms with Crippen molar-refractivity contribution in [2.45, 2.75) is 38.5 Å². The average Bonchev–Trinajstić information content (AvgIpc) is 3.77. The van der Waals surface area contributed by atoms with E-state index >= 15 is 0 Å². The smallest absolute Gasteiger partial charge is 0.227 e. The lowest BCUT2D eigenvalue weighted by Gasteiger charge is -2.28. The highest BCUT2D eigenvalue weighted by atomic mass is 16.3. The summed E-state index contributed by atoms with van der Waals surface area (Å²) in [7, 11) is 0. The molecule has 10 rings (SSSR count). The summed E-state index contributed by atoms with van der Waals surface area (Å²) < 4.78 is 6.69. The summed E-state index contributed by atoms with van der Waals surface area (Å²) in [5, 5.41) is 2.16. The van der Waals surface area contributed by atoms with Crippen molar-refractivity contribution in [3.63, 3.8) is 0 Å². The molecule has 50 heavy (non-hydrogen) atoms. The predicted octanol–water partition coefficient (Wildman–Crippen LogP) is 12.7. The maximum Gasteiger partial charge on any atom is 0.227 e. The van der Waals surface area contributed by atoms with Gasteiger partial charge >= 0.3 is 0 Å². The van der Waals surface area contributed by atoms with Gasteiger partial charge in [-0.1, -0.05) is 131 Å². The van der Waals surface area contributed by atoms with Gasteiger partial charge in [0, 0.05) is 33.2 Å². The first-order valence-electron chi connectivity index (χ1n) is 17.5. The van der Waals surface area contributed by atoms with Crippen LogP contribution in [0.2, 0.25) is 0 Å². The van der Waals surface area contributed by atoms with Gasteiger partial charge in [-0.3, -0.25) is 0 Å². The van der Waals surface area contributed by atoms with Gasteiger partial charge in [0.1, 0.15) is 5.52 Å². The summed E-state index contributed by atoms with van der Waals surface area (Å²) in [5.74, 6) is 0.618. The SMILES string of the molecule is CC1(C)c2ccccc2-c2cc(N(c3ccc4c(c3)-c3ccccc3C4(C)C)c3cc4ccccc4c4oc(-c5ccccc5)nc34)ccc21. The molecular weight excluding hydrogens is 609 g/mol. The predicted molar refractivity (Wildman–Crippen MR) is 207 cm³/mol. The Labute approximate surface area is 292 Å². The van der Waals surface area contributed by atoms with Gasteiger partial charge in [-0.2, -0.15) is 0 Å². The summed E-state index contributed by atoms with van der Waals surface area (Å²) in [6.45, 7) is 9.34. The van der Waals surface area contributed by atoms with E-state index in [0.29, 0.717) is 5.89 Å². The van der Waals surface area contributed by atoms with Crippen LogP contribution >= 0.6 is 0 Å². The number of fused-ring (bicyclic) bond motifs is 9. The average molecular weight is 645 g/mol. The molecule has 0 radical (unpaired) electrons. The van der Waals surface area contributed by atoms with Crippen LogP contribution in [0, 0.1) is 0 Å². The van der Waals surface area contributed by atoms with Gasteiger partial charge in [-0.25, -0.2) is 4.98 Å². The van der Waals surface area contributed by atoms with Gasteiger partial charge in [0.15, 0.2) is 5.58 Å². The summed E-state index contributed by atoms with van der Waals surface area (Å²) >= 11 is 0. The van der Waals surface area contributed by atoms with Crippen molar-refractivity contribution in [2.24, 2.45) is 0 Å². The van der Waals surface area contributed by atoms with Crippen LogP contribution in [-0.2, 0) is 10.8 Å². The Kier molecular flexibility index (Phi) is 5.97. The maximum absolute atomic E-state index is 6.69. The molecule has 0 saturated heterocycles. The van der Waals surface area contributed by atoms with Gasteiger partial charge in [0.05, 0.1) is 5.69 Å². The quantitative estimate of drug-likeness (QED) is 0.191. The van der Waals surface area contributed by atoms with Crippen molar-refractivity contribution in [3.8, 4) is 33.7 Å². The van der Waals surface area contributed by atoms with Crippen LogP contribution in [0.3, 0.4) is 0 Å². The molecular formula is C47H36N2O. The molecule has 0 aliphatic heterocycles. The van der Waals surface area contributed by atoms with Crippen LogP contribution in [0.15, 0.2) is 150 Å². The fourth-order valence-electron chi connectivity index (χ4n) is 8.72. The summed E-state index contributed by atoms with van der Waals surface area (Å²) in [5.41, 5.74) is 16.2. The highest BCUT2D eigenvalue weighted by molar-refractivity contribution is 6.11. The number of anilines is 3. The van der Waals surface area contributed by atoms with Crippen molar-refractivity contribution in [3.05, 3.63) is 168 Å². The summed E-state index contributed by atoms with van der Waals surface area (Å²) in [6, 6.07) is 52.7. The van der Waals surface area contributed by atoms with E-state index in [4.69, 9.17) is 9.40 Å². The van der Waals surface area contributed by atoms with E-state index in [9.17, 15) is 0 Å². The van der Waals surface area contributed by atoms with Gasteiger partial charge in [-0.05, 0) is 92.4 Å². The van der Waals surface area contributed by atoms with E-state index in [0.717, 1.165) is 44.5 Å². The Morgan fingerprint density at radius 3 is 1.64 bits per heavy atom. The van der Waals surface area contributed by atoms with Crippen LogP contribution in [-0.4, -0.2) is 4.98 Å². The number of benzene rings is 7. The van der Waals surface area contributed by atoms with Crippen molar-refractivity contribution in [2.75, 3.05) is 4.90 Å². The second-order valence-electron chi connectivity index (χ2n) is 14.8. The number of aromatic nitrogens is 1. The third-order valence-electron chi connectivity index (χ3n) is 11.3. The molecule has 0 saturated carbocycles. The van der Waals surface area contributed by atoms with E-state index in [2.05, 4.69) is 160 Å². The molecule has 0 bridgehead atoms.